The number of amides is 1. The first-order valence-corrected chi connectivity index (χ1v) is 10.1. The van der Waals surface area contributed by atoms with Crippen LogP contribution in [0.3, 0.4) is 0 Å². The Morgan fingerprint density at radius 2 is 1.97 bits per heavy atom. The lowest BCUT2D eigenvalue weighted by atomic mass is 9.96. The normalized spacial score (nSPS) is 16.8. The molecule has 4 rings (SSSR count). The average Bonchev–Trinajstić information content (AvgIpc) is 2.73. The van der Waals surface area contributed by atoms with Gasteiger partial charge in [-0.25, -0.2) is 8.78 Å². The molecule has 0 radical (unpaired) electrons. The van der Waals surface area contributed by atoms with E-state index < -0.39 is 17.5 Å². The monoisotopic (exact) mass is 435 g/mol. The topological polar surface area (TPSA) is 55.8 Å². The minimum Gasteiger partial charge on any atom is -0.492 e. The van der Waals surface area contributed by atoms with E-state index in [4.69, 9.17) is 21.1 Å². The molecule has 0 aliphatic carbocycles. The molecule has 2 aliphatic rings. The Hall–Kier alpha value is -2.67. The molecule has 158 valence electrons. The highest BCUT2D eigenvalue weighted by Crippen LogP contribution is 2.29. The predicted molar refractivity (Wildman–Crippen MR) is 106 cm³/mol. The van der Waals surface area contributed by atoms with Crippen LogP contribution in [-0.2, 0) is 11.2 Å². The quantitative estimate of drug-likeness (QED) is 0.727. The fourth-order valence-electron chi connectivity index (χ4n) is 3.73. The van der Waals surface area contributed by atoms with Gasteiger partial charge in [-0.15, -0.1) is 0 Å². The minimum absolute atomic E-state index is 0.0418. The molecule has 0 bridgehead atoms. The summed E-state index contributed by atoms with van der Waals surface area (Å²) in [4.78, 5) is 26.0. The number of ketones is 1. The lowest BCUT2D eigenvalue weighted by Crippen LogP contribution is -2.40. The van der Waals surface area contributed by atoms with E-state index in [2.05, 4.69) is 0 Å². The maximum atomic E-state index is 14.5. The van der Waals surface area contributed by atoms with Crippen molar-refractivity contribution in [2.24, 2.45) is 5.92 Å². The molecular formula is C22H20ClF2NO4. The van der Waals surface area contributed by atoms with Gasteiger partial charge in [0, 0.05) is 31.1 Å². The Kier molecular flexibility index (Phi) is 5.90. The largest absolute Gasteiger partial charge is 0.492 e. The summed E-state index contributed by atoms with van der Waals surface area (Å²) in [6, 6.07) is 6.58. The van der Waals surface area contributed by atoms with Crippen molar-refractivity contribution in [2.75, 3.05) is 26.3 Å². The van der Waals surface area contributed by atoms with Gasteiger partial charge in [0.2, 0.25) is 0 Å². The molecule has 5 nitrogen and oxygen atoms in total. The number of nitrogens with zero attached hydrogens (tertiary/aromatic N) is 1. The average molecular weight is 436 g/mol. The molecule has 2 aromatic rings. The van der Waals surface area contributed by atoms with E-state index in [0.29, 0.717) is 49.6 Å². The van der Waals surface area contributed by atoms with Gasteiger partial charge >= 0.3 is 0 Å². The van der Waals surface area contributed by atoms with E-state index in [9.17, 15) is 18.4 Å². The van der Waals surface area contributed by atoms with Crippen LogP contribution >= 0.6 is 11.6 Å². The Balaban J connectivity index is 1.35. The molecule has 1 fully saturated rings. The fourth-order valence-corrected chi connectivity index (χ4v) is 3.95. The molecule has 0 N–H and O–H groups in total. The van der Waals surface area contributed by atoms with Gasteiger partial charge < -0.3 is 14.4 Å². The first-order valence-electron chi connectivity index (χ1n) is 9.74. The zero-order valence-electron chi connectivity index (χ0n) is 16.1. The van der Waals surface area contributed by atoms with E-state index in [0.717, 1.165) is 0 Å². The van der Waals surface area contributed by atoms with Crippen molar-refractivity contribution in [3.05, 3.63) is 58.1 Å². The summed E-state index contributed by atoms with van der Waals surface area (Å²) in [7, 11) is 0. The number of hydrogen-bond acceptors (Lipinski definition) is 4. The van der Waals surface area contributed by atoms with Gasteiger partial charge in [-0.3, -0.25) is 9.59 Å². The minimum atomic E-state index is -0.649. The van der Waals surface area contributed by atoms with Gasteiger partial charge in [0.25, 0.3) is 5.91 Å². The van der Waals surface area contributed by atoms with Crippen molar-refractivity contribution in [1.29, 1.82) is 0 Å². The number of fused-ring (bicyclic) bond motifs is 1. The zero-order chi connectivity index (χ0) is 21.3. The fraction of sp³-hybridized carbons (Fsp3) is 0.364. The van der Waals surface area contributed by atoms with Crippen LogP contribution in [0.5, 0.6) is 11.5 Å². The SMILES string of the molecule is O=C1COc2cc(F)c(C(=O)N3CCC(COc4ccc(F)cc4Cl)CC3)cc2C1. The highest BCUT2D eigenvalue weighted by atomic mass is 35.5. The van der Waals surface area contributed by atoms with Gasteiger partial charge in [-0.2, -0.15) is 0 Å². The first kappa shape index (κ1) is 20.6. The molecule has 2 aromatic carbocycles. The molecular weight excluding hydrogens is 416 g/mol. The number of Topliss-reactive ketones (excluding diaryl/α,β-unsaturated/α-hetero) is 1. The van der Waals surface area contributed by atoms with Crippen LogP contribution in [-0.4, -0.2) is 42.9 Å². The molecule has 0 atom stereocenters. The van der Waals surface area contributed by atoms with E-state index in [1.54, 1.807) is 4.90 Å². The van der Waals surface area contributed by atoms with Gasteiger partial charge in [0.1, 0.15) is 29.7 Å². The maximum absolute atomic E-state index is 14.5. The van der Waals surface area contributed by atoms with Crippen LogP contribution < -0.4 is 9.47 Å². The van der Waals surface area contributed by atoms with Crippen LogP contribution in [0.2, 0.25) is 5.02 Å². The van der Waals surface area contributed by atoms with Gasteiger partial charge in [0.15, 0.2) is 5.78 Å². The standard InChI is InChI=1S/C22H20ClF2NO4/c23-18-9-15(24)1-2-20(18)29-11-13-3-5-26(6-4-13)22(28)17-8-14-7-16(27)12-30-21(14)10-19(17)25/h1-2,8-10,13H,3-7,11-12H2. The van der Waals surface area contributed by atoms with Crippen LogP contribution in [0.4, 0.5) is 8.78 Å². The third-order valence-electron chi connectivity index (χ3n) is 5.43. The van der Waals surface area contributed by atoms with Crippen molar-refractivity contribution < 1.29 is 27.8 Å². The van der Waals surface area contributed by atoms with E-state index in [-0.39, 0.29) is 35.3 Å². The Morgan fingerprint density at radius 3 is 2.70 bits per heavy atom. The van der Waals surface area contributed by atoms with E-state index in [1.165, 1.54) is 30.3 Å². The third-order valence-corrected chi connectivity index (χ3v) is 5.72. The van der Waals surface area contributed by atoms with E-state index >= 15 is 0 Å². The first-order chi connectivity index (χ1) is 14.4. The smallest absolute Gasteiger partial charge is 0.256 e. The summed E-state index contributed by atoms with van der Waals surface area (Å²) >= 11 is 5.97. The Morgan fingerprint density at radius 1 is 1.20 bits per heavy atom. The van der Waals surface area contributed by atoms with Gasteiger partial charge in [0.05, 0.1) is 17.2 Å². The number of likely N-dealkylation sites (tertiary alicyclic amines) is 1. The molecule has 0 unspecified atom stereocenters. The second-order valence-corrected chi connectivity index (χ2v) is 7.97. The lowest BCUT2D eigenvalue weighted by molar-refractivity contribution is -0.121. The van der Waals surface area contributed by atoms with Gasteiger partial charge in [-0.05, 0) is 43.0 Å². The maximum Gasteiger partial charge on any atom is 0.256 e. The number of benzene rings is 2. The van der Waals surface area contributed by atoms with Crippen molar-refractivity contribution in [3.63, 3.8) is 0 Å². The molecule has 2 heterocycles. The number of halogens is 3. The van der Waals surface area contributed by atoms with E-state index in [1.807, 2.05) is 0 Å². The summed E-state index contributed by atoms with van der Waals surface area (Å²) in [5.74, 6) is -0.629. The van der Waals surface area contributed by atoms with Crippen LogP contribution in [0.25, 0.3) is 0 Å². The second-order valence-electron chi connectivity index (χ2n) is 7.57. The number of piperidine rings is 1. The Bertz CT molecular complexity index is 989. The third kappa shape index (κ3) is 4.41. The second kappa shape index (κ2) is 8.60. The zero-order valence-corrected chi connectivity index (χ0v) is 16.9. The summed E-state index contributed by atoms with van der Waals surface area (Å²) in [6.45, 7) is 1.27. The summed E-state index contributed by atoms with van der Waals surface area (Å²) in [5, 5.41) is 0.216. The molecule has 0 aromatic heterocycles. The number of rotatable bonds is 4. The van der Waals surface area contributed by atoms with Crippen molar-refractivity contribution >= 4 is 23.3 Å². The molecule has 0 spiro atoms. The number of carbonyl (C=O) groups is 2. The molecule has 1 saturated heterocycles. The predicted octanol–water partition coefficient (Wildman–Crippen LogP) is 4.05. The number of hydrogen-bond donors (Lipinski definition) is 0. The summed E-state index contributed by atoms with van der Waals surface area (Å²) in [5.41, 5.74) is 0.496. The molecule has 1 amide bonds. The van der Waals surface area contributed by atoms with Crippen molar-refractivity contribution in [2.45, 2.75) is 19.3 Å². The number of carbonyl (C=O) groups excluding carboxylic acids is 2. The van der Waals surface area contributed by atoms with Crippen molar-refractivity contribution in [3.8, 4) is 11.5 Å². The summed E-state index contributed by atoms with van der Waals surface area (Å²) in [6.07, 6.45) is 1.53. The lowest BCUT2D eigenvalue weighted by Gasteiger charge is -2.32. The van der Waals surface area contributed by atoms with Crippen LogP contribution in [0.1, 0.15) is 28.8 Å². The molecule has 2 aliphatic heterocycles. The van der Waals surface area contributed by atoms with Gasteiger partial charge in [-0.1, -0.05) is 11.6 Å². The molecule has 0 saturated carbocycles. The highest BCUT2D eigenvalue weighted by molar-refractivity contribution is 6.32. The summed E-state index contributed by atoms with van der Waals surface area (Å²) < 4.78 is 38.5. The Labute approximate surface area is 177 Å². The molecule has 8 heteroatoms. The molecule has 30 heavy (non-hydrogen) atoms. The highest BCUT2D eigenvalue weighted by Gasteiger charge is 2.28. The van der Waals surface area contributed by atoms with Crippen LogP contribution in [0, 0.1) is 17.6 Å². The number of ether oxygens (including phenoxy) is 2. The van der Waals surface area contributed by atoms with Crippen LogP contribution in [0.15, 0.2) is 30.3 Å². The van der Waals surface area contributed by atoms with Crippen molar-refractivity contribution in [1.82, 2.24) is 4.90 Å².